The minimum absolute atomic E-state index is 0.0647. The molecule has 1 aliphatic rings. The molecule has 1 aliphatic carbocycles. The number of carbonyl (C=O) groups is 1. The van der Waals surface area contributed by atoms with E-state index < -0.39 is 5.97 Å². The van der Waals surface area contributed by atoms with Gasteiger partial charge in [-0.2, -0.15) is 16.7 Å². The van der Waals surface area contributed by atoms with Crippen LogP contribution in [0.1, 0.15) is 36.2 Å². The van der Waals surface area contributed by atoms with Gasteiger partial charge in [0.2, 0.25) is 0 Å². The van der Waals surface area contributed by atoms with Crippen molar-refractivity contribution in [2.75, 3.05) is 6.26 Å². The van der Waals surface area contributed by atoms with Crippen LogP contribution in [0.2, 0.25) is 0 Å². The van der Waals surface area contributed by atoms with Crippen LogP contribution in [0.4, 0.5) is 0 Å². The molecule has 0 radical (unpaired) electrons. The highest BCUT2D eigenvalue weighted by Gasteiger charge is 2.42. The maximum Gasteiger partial charge on any atom is 0.348 e. The molecule has 6 heteroatoms. The summed E-state index contributed by atoms with van der Waals surface area (Å²) in [5, 5.41) is 8.82. The average Bonchev–Trinajstić information content (AvgIpc) is 3.14. The lowest BCUT2D eigenvalue weighted by atomic mass is 10.1. The van der Waals surface area contributed by atoms with Crippen molar-refractivity contribution in [3.63, 3.8) is 0 Å². The predicted octanol–water partition coefficient (Wildman–Crippen LogP) is 1.77. The van der Waals surface area contributed by atoms with E-state index in [2.05, 4.69) is 11.2 Å². The number of hydrogen-bond donors (Lipinski definition) is 1. The molecule has 5 nitrogen and oxygen atoms in total. The molecule has 1 fully saturated rings. The third kappa shape index (κ3) is 3.06. The highest BCUT2D eigenvalue weighted by molar-refractivity contribution is 8.00. The van der Waals surface area contributed by atoms with Crippen molar-refractivity contribution in [3.05, 3.63) is 27.4 Å². The van der Waals surface area contributed by atoms with E-state index in [0.717, 1.165) is 24.1 Å². The maximum atomic E-state index is 12.1. The van der Waals surface area contributed by atoms with Crippen molar-refractivity contribution in [1.29, 1.82) is 0 Å². The van der Waals surface area contributed by atoms with Crippen LogP contribution >= 0.6 is 11.8 Å². The molecule has 0 spiro atoms. The fourth-order valence-corrected chi connectivity index (χ4v) is 3.24. The topological polar surface area (TPSA) is 72.2 Å². The lowest BCUT2D eigenvalue weighted by Crippen LogP contribution is -2.32. The first kappa shape index (κ1) is 15.1. The summed E-state index contributed by atoms with van der Waals surface area (Å²) < 4.78 is 1.89. The van der Waals surface area contributed by atoms with Gasteiger partial charge in [0.05, 0.1) is 0 Å². The summed E-state index contributed by atoms with van der Waals surface area (Å²) in [6.45, 7) is 4.34. The Kier molecular flexibility index (Phi) is 4.22. The fraction of sp³-hybridized carbons (Fsp3) is 0.643. The summed E-state index contributed by atoms with van der Waals surface area (Å²) in [4.78, 5) is 26.9. The summed E-state index contributed by atoms with van der Waals surface area (Å²) in [5.74, 6) is -0.829. The van der Waals surface area contributed by atoms with E-state index in [1.165, 1.54) is 0 Å². The maximum absolute atomic E-state index is 12.1. The first-order valence-corrected chi connectivity index (χ1v) is 7.95. The summed E-state index contributed by atoms with van der Waals surface area (Å²) in [6, 6.07) is 0. The first-order valence-electron chi connectivity index (χ1n) is 6.72. The van der Waals surface area contributed by atoms with Crippen LogP contribution in [-0.4, -0.2) is 31.6 Å². The van der Waals surface area contributed by atoms with Crippen molar-refractivity contribution in [1.82, 2.24) is 9.55 Å². The normalized spacial score (nSPS) is 16.1. The zero-order chi connectivity index (χ0) is 14.9. The molecule has 0 bridgehead atoms. The van der Waals surface area contributed by atoms with Crippen LogP contribution in [0.5, 0.6) is 0 Å². The Labute approximate surface area is 122 Å². The lowest BCUT2D eigenvalue weighted by Gasteiger charge is -2.19. The van der Waals surface area contributed by atoms with Crippen molar-refractivity contribution >= 4 is 17.7 Å². The summed E-state index contributed by atoms with van der Waals surface area (Å²) in [6.07, 6.45) is 4.80. The second-order valence-electron chi connectivity index (χ2n) is 5.41. The van der Waals surface area contributed by atoms with Crippen molar-refractivity contribution < 1.29 is 9.90 Å². The van der Waals surface area contributed by atoms with Gasteiger partial charge in [0, 0.05) is 29.1 Å². The molecule has 0 aliphatic heterocycles. The second-order valence-corrected chi connectivity index (χ2v) is 6.69. The van der Waals surface area contributed by atoms with Crippen LogP contribution < -0.4 is 5.69 Å². The van der Waals surface area contributed by atoms with Crippen LogP contribution in [0, 0.1) is 13.8 Å². The van der Waals surface area contributed by atoms with Gasteiger partial charge in [-0.05, 0) is 44.9 Å². The molecular weight excluding hydrogens is 276 g/mol. The number of carboxylic acid groups (broad SMARTS) is 1. The Balaban J connectivity index is 2.34. The lowest BCUT2D eigenvalue weighted by molar-refractivity contribution is -0.136. The van der Waals surface area contributed by atoms with Gasteiger partial charge in [0.15, 0.2) is 0 Å². The molecule has 0 unspecified atom stereocenters. The molecule has 0 aromatic carbocycles. The SMILES string of the molecule is CSC1(Cn2c(C)c(CCC(=O)O)c(C)nc2=O)CC1. The number of aliphatic carboxylic acids is 1. The first-order chi connectivity index (χ1) is 9.38. The van der Waals surface area contributed by atoms with Crippen molar-refractivity contribution in [2.45, 2.75) is 50.8 Å². The minimum atomic E-state index is -0.829. The zero-order valence-electron chi connectivity index (χ0n) is 12.1. The predicted molar refractivity (Wildman–Crippen MR) is 79.4 cm³/mol. The third-order valence-corrected chi connectivity index (χ3v) is 5.45. The fourth-order valence-electron chi connectivity index (χ4n) is 2.47. The molecule has 2 rings (SSSR count). The molecule has 1 aromatic rings. The molecule has 1 heterocycles. The van der Waals surface area contributed by atoms with Gasteiger partial charge >= 0.3 is 11.7 Å². The largest absolute Gasteiger partial charge is 0.481 e. The Morgan fingerprint density at radius 3 is 2.60 bits per heavy atom. The van der Waals surface area contributed by atoms with Crippen LogP contribution in [-0.2, 0) is 17.8 Å². The Bertz CT molecular complexity index is 591. The van der Waals surface area contributed by atoms with E-state index in [4.69, 9.17) is 5.11 Å². The van der Waals surface area contributed by atoms with Crippen molar-refractivity contribution in [3.8, 4) is 0 Å². The average molecular weight is 296 g/mol. The van der Waals surface area contributed by atoms with Crippen LogP contribution in [0.3, 0.4) is 0 Å². The monoisotopic (exact) mass is 296 g/mol. The summed E-state index contributed by atoms with van der Waals surface area (Å²) in [7, 11) is 0. The molecular formula is C14H20N2O3S. The zero-order valence-corrected chi connectivity index (χ0v) is 12.9. The summed E-state index contributed by atoms with van der Waals surface area (Å²) >= 11 is 1.80. The second kappa shape index (κ2) is 5.60. The third-order valence-electron chi connectivity index (χ3n) is 4.05. The molecule has 1 N–H and O–H groups in total. The quantitative estimate of drug-likeness (QED) is 0.866. The molecule has 1 aromatic heterocycles. The van der Waals surface area contributed by atoms with E-state index in [9.17, 15) is 9.59 Å². The molecule has 0 amide bonds. The van der Waals surface area contributed by atoms with E-state index in [-0.39, 0.29) is 16.9 Å². The smallest absolute Gasteiger partial charge is 0.348 e. The number of nitrogens with zero attached hydrogens (tertiary/aromatic N) is 2. The number of aromatic nitrogens is 2. The molecule has 0 saturated heterocycles. The van der Waals surface area contributed by atoms with Gasteiger partial charge in [-0.15, -0.1) is 0 Å². The van der Waals surface area contributed by atoms with Gasteiger partial charge in [0.25, 0.3) is 0 Å². The van der Waals surface area contributed by atoms with Gasteiger partial charge < -0.3 is 5.11 Å². The van der Waals surface area contributed by atoms with Gasteiger partial charge in [-0.1, -0.05) is 0 Å². The number of carboxylic acids is 1. The molecule has 20 heavy (non-hydrogen) atoms. The Morgan fingerprint density at radius 1 is 1.45 bits per heavy atom. The van der Waals surface area contributed by atoms with Gasteiger partial charge in [-0.25, -0.2) is 4.79 Å². The van der Waals surface area contributed by atoms with E-state index in [1.807, 2.05) is 6.92 Å². The Morgan fingerprint density at radius 2 is 2.10 bits per heavy atom. The van der Waals surface area contributed by atoms with E-state index in [1.54, 1.807) is 23.3 Å². The highest BCUT2D eigenvalue weighted by atomic mass is 32.2. The highest BCUT2D eigenvalue weighted by Crippen LogP contribution is 2.48. The van der Waals surface area contributed by atoms with Crippen LogP contribution in [0.15, 0.2) is 4.79 Å². The molecule has 1 saturated carbocycles. The molecule has 0 atom stereocenters. The van der Waals surface area contributed by atoms with Crippen molar-refractivity contribution in [2.24, 2.45) is 0 Å². The Hall–Kier alpha value is -1.30. The van der Waals surface area contributed by atoms with E-state index in [0.29, 0.717) is 18.7 Å². The van der Waals surface area contributed by atoms with E-state index >= 15 is 0 Å². The number of thioether (sulfide) groups is 1. The standard InChI is InChI=1S/C14H20N2O3S/c1-9-11(4-5-12(17)18)10(2)16(13(19)15-9)8-14(20-3)6-7-14/h4-8H2,1-3H3,(H,17,18). The van der Waals surface area contributed by atoms with Gasteiger partial charge in [-0.3, -0.25) is 9.36 Å². The minimum Gasteiger partial charge on any atom is -0.481 e. The number of aryl methyl sites for hydroxylation is 1. The number of rotatable bonds is 6. The molecule has 110 valence electrons. The summed E-state index contributed by atoms with van der Waals surface area (Å²) in [5.41, 5.74) is 2.19. The van der Waals surface area contributed by atoms with Crippen LogP contribution in [0.25, 0.3) is 0 Å². The number of hydrogen-bond acceptors (Lipinski definition) is 4. The van der Waals surface area contributed by atoms with Gasteiger partial charge in [0.1, 0.15) is 0 Å².